The smallest absolute Gasteiger partial charge is 0.228 e. The second kappa shape index (κ2) is 4.34. The number of hydrogen-bond acceptors (Lipinski definition) is 1. The first-order valence-corrected chi connectivity index (χ1v) is 3.78. The molecule has 1 aromatic rings. The summed E-state index contributed by atoms with van der Waals surface area (Å²) < 4.78 is 0. The van der Waals surface area contributed by atoms with Gasteiger partial charge in [-0.1, -0.05) is 24.3 Å². The van der Waals surface area contributed by atoms with Crippen LogP contribution >= 0.6 is 0 Å². The molecule has 0 aromatic heterocycles. The Kier molecular flexibility index (Phi) is 3.08. The maximum absolute atomic E-state index is 11.0. The van der Waals surface area contributed by atoms with E-state index in [9.17, 15) is 4.79 Å². The van der Waals surface area contributed by atoms with Crippen molar-refractivity contribution in [2.45, 2.75) is 6.42 Å². The molecule has 0 spiro atoms. The first kappa shape index (κ1) is 8.53. The average Bonchev–Trinajstić information content (AvgIpc) is 2.06. The number of hydrogen-bond donors (Lipinski definition) is 1. The third-order valence-electron chi connectivity index (χ3n) is 1.39. The molecule has 0 bridgehead atoms. The van der Waals surface area contributed by atoms with Gasteiger partial charge in [0.05, 0.1) is 0 Å². The third-order valence-corrected chi connectivity index (χ3v) is 1.39. The lowest BCUT2D eigenvalue weighted by Gasteiger charge is -2.01. The third kappa shape index (κ3) is 2.58. The number of amides is 1. The van der Waals surface area contributed by atoms with Gasteiger partial charge in [-0.2, -0.15) is 0 Å². The molecule has 1 rings (SSSR count). The van der Waals surface area contributed by atoms with E-state index in [-0.39, 0.29) is 5.91 Å². The van der Waals surface area contributed by atoms with Crippen molar-refractivity contribution in [3.63, 3.8) is 0 Å². The van der Waals surface area contributed by atoms with Crippen molar-refractivity contribution in [1.29, 1.82) is 0 Å². The molecule has 2 nitrogen and oxygen atoms in total. The summed E-state index contributed by atoms with van der Waals surface area (Å²) in [7, 11) is 0. The molecule has 0 heterocycles. The first-order valence-electron chi connectivity index (χ1n) is 3.78. The summed E-state index contributed by atoms with van der Waals surface area (Å²) in [4.78, 5) is 11.0. The van der Waals surface area contributed by atoms with E-state index in [1.54, 1.807) is 6.08 Å². The summed E-state index contributed by atoms with van der Waals surface area (Å²) in [6.07, 6.45) is 1.94. The van der Waals surface area contributed by atoms with E-state index in [1.165, 1.54) is 0 Å². The van der Waals surface area contributed by atoms with Crippen LogP contribution in [0.15, 0.2) is 43.0 Å². The zero-order valence-electron chi connectivity index (χ0n) is 6.79. The Labute approximate surface area is 71.9 Å². The van der Waals surface area contributed by atoms with Crippen LogP contribution in [0.2, 0.25) is 0 Å². The summed E-state index contributed by atoms with van der Waals surface area (Å²) >= 11 is 0. The summed E-state index contributed by atoms with van der Waals surface area (Å²) in [5.41, 5.74) is 0.823. The van der Waals surface area contributed by atoms with Gasteiger partial charge in [0.25, 0.3) is 0 Å². The molecule has 1 aromatic carbocycles. The molecule has 12 heavy (non-hydrogen) atoms. The number of nitrogens with one attached hydrogen (secondary N) is 1. The molecular formula is C10H11NO. The van der Waals surface area contributed by atoms with Crippen LogP contribution in [0.25, 0.3) is 0 Å². The lowest BCUT2D eigenvalue weighted by Crippen LogP contribution is -2.09. The molecule has 0 aliphatic heterocycles. The van der Waals surface area contributed by atoms with Gasteiger partial charge in [0.2, 0.25) is 5.91 Å². The molecule has 2 heteroatoms. The van der Waals surface area contributed by atoms with Gasteiger partial charge in [0.15, 0.2) is 0 Å². The van der Waals surface area contributed by atoms with E-state index in [0.29, 0.717) is 6.42 Å². The maximum Gasteiger partial charge on any atom is 0.228 e. The van der Waals surface area contributed by atoms with Crippen LogP contribution < -0.4 is 5.32 Å². The number of carbonyl (C=O) groups is 1. The fourth-order valence-electron chi connectivity index (χ4n) is 0.865. The first-order chi connectivity index (χ1) is 5.83. The van der Waals surface area contributed by atoms with Crippen molar-refractivity contribution in [2.75, 3.05) is 5.32 Å². The van der Waals surface area contributed by atoms with Crippen LogP contribution in [-0.2, 0) is 4.79 Å². The zero-order valence-corrected chi connectivity index (χ0v) is 6.79. The highest BCUT2D eigenvalue weighted by atomic mass is 16.1. The van der Waals surface area contributed by atoms with Crippen molar-refractivity contribution in [1.82, 2.24) is 0 Å². The molecule has 1 amide bonds. The minimum absolute atomic E-state index is 0.0313. The van der Waals surface area contributed by atoms with E-state index < -0.39 is 0 Å². The zero-order chi connectivity index (χ0) is 8.81. The summed E-state index contributed by atoms with van der Waals surface area (Å²) in [6, 6.07) is 9.36. The Morgan fingerprint density at radius 3 is 2.67 bits per heavy atom. The van der Waals surface area contributed by atoms with Gasteiger partial charge in [-0.15, -0.1) is 6.58 Å². The van der Waals surface area contributed by atoms with Crippen LogP contribution in [0.1, 0.15) is 6.42 Å². The fraction of sp³-hybridized carbons (Fsp3) is 0.100. The molecular weight excluding hydrogens is 150 g/mol. The van der Waals surface area contributed by atoms with Gasteiger partial charge in [-0.25, -0.2) is 0 Å². The van der Waals surface area contributed by atoms with Gasteiger partial charge in [-0.05, 0) is 12.1 Å². The minimum Gasteiger partial charge on any atom is -0.326 e. The monoisotopic (exact) mass is 161 g/mol. The van der Waals surface area contributed by atoms with Crippen molar-refractivity contribution in [3.8, 4) is 0 Å². The highest BCUT2D eigenvalue weighted by molar-refractivity contribution is 5.91. The summed E-state index contributed by atoms with van der Waals surface area (Å²) in [6.45, 7) is 3.48. The molecule has 0 aliphatic carbocycles. The molecule has 0 fully saturated rings. The molecule has 62 valence electrons. The quantitative estimate of drug-likeness (QED) is 0.676. The summed E-state index contributed by atoms with van der Waals surface area (Å²) in [5.74, 6) is -0.0313. The van der Waals surface area contributed by atoms with Crippen LogP contribution in [0.3, 0.4) is 0 Å². The van der Waals surface area contributed by atoms with Gasteiger partial charge in [-0.3, -0.25) is 4.79 Å². The second-order valence-electron chi connectivity index (χ2n) is 2.41. The Balaban J connectivity index is 2.52. The standard InChI is InChI=1S/C10H11NO/c1-2-6-10(12)11-9-7-4-3-5-8-9/h2-5,7-8H,1,6H2,(H,11,12). The van der Waals surface area contributed by atoms with Crippen LogP contribution in [0.5, 0.6) is 0 Å². The Morgan fingerprint density at radius 1 is 1.42 bits per heavy atom. The van der Waals surface area contributed by atoms with E-state index >= 15 is 0 Å². The number of carbonyl (C=O) groups excluding carboxylic acids is 1. The van der Waals surface area contributed by atoms with Crippen molar-refractivity contribution >= 4 is 11.6 Å². The maximum atomic E-state index is 11.0. The van der Waals surface area contributed by atoms with Gasteiger partial charge in [0, 0.05) is 12.1 Å². The molecule has 0 saturated carbocycles. The Hall–Kier alpha value is -1.57. The Bertz CT molecular complexity index is 266. The van der Waals surface area contributed by atoms with Crippen molar-refractivity contribution in [3.05, 3.63) is 43.0 Å². The van der Waals surface area contributed by atoms with E-state index in [4.69, 9.17) is 0 Å². The normalized spacial score (nSPS) is 9.00. The van der Waals surface area contributed by atoms with Crippen LogP contribution in [-0.4, -0.2) is 5.91 Å². The van der Waals surface area contributed by atoms with Crippen LogP contribution in [0.4, 0.5) is 5.69 Å². The highest BCUT2D eigenvalue weighted by Gasteiger charge is 1.96. The Morgan fingerprint density at radius 2 is 2.08 bits per heavy atom. The molecule has 0 radical (unpaired) electrons. The van der Waals surface area contributed by atoms with E-state index in [2.05, 4.69) is 11.9 Å². The summed E-state index contributed by atoms with van der Waals surface area (Å²) in [5, 5.41) is 2.73. The van der Waals surface area contributed by atoms with Crippen molar-refractivity contribution < 1.29 is 4.79 Å². The molecule has 1 N–H and O–H groups in total. The molecule has 0 aliphatic rings. The van der Waals surface area contributed by atoms with E-state index in [1.807, 2.05) is 30.3 Å². The average molecular weight is 161 g/mol. The highest BCUT2D eigenvalue weighted by Crippen LogP contribution is 2.04. The van der Waals surface area contributed by atoms with Gasteiger partial charge < -0.3 is 5.32 Å². The molecule has 0 saturated heterocycles. The van der Waals surface area contributed by atoms with Crippen molar-refractivity contribution in [2.24, 2.45) is 0 Å². The lowest BCUT2D eigenvalue weighted by molar-refractivity contribution is -0.115. The number of rotatable bonds is 3. The fourth-order valence-corrected chi connectivity index (χ4v) is 0.865. The predicted octanol–water partition coefficient (Wildman–Crippen LogP) is 2.20. The number of anilines is 1. The minimum atomic E-state index is -0.0313. The predicted molar refractivity (Wildman–Crippen MR) is 49.9 cm³/mol. The number of benzene rings is 1. The lowest BCUT2D eigenvalue weighted by atomic mass is 10.3. The molecule has 0 atom stereocenters. The molecule has 0 unspecified atom stereocenters. The van der Waals surface area contributed by atoms with Crippen LogP contribution in [0, 0.1) is 0 Å². The van der Waals surface area contributed by atoms with Gasteiger partial charge in [0.1, 0.15) is 0 Å². The second-order valence-corrected chi connectivity index (χ2v) is 2.41. The van der Waals surface area contributed by atoms with E-state index in [0.717, 1.165) is 5.69 Å². The number of para-hydroxylation sites is 1. The largest absolute Gasteiger partial charge is 0.326 e. The topological polar surface area (TPSA) is 29.1 Å². The SMILES string of the molecule is C=CCC(=O)Nc1ccccc1. The van der Waals surface area contributed by atoms with Gasteiger partial charge >= 0.3 is 0 Å².